The average Bonchev–Trinajstić information content (AvgIpc) is 2.76. The number of ether oxygens (including phenoxy) is 2. The minimum Gasteiger partial charge on any atom is -0.497 e. The Labute approximate surface area is 183 Å². The summed E-state index contributed by atoms with van der Waals surface area (Å²) in [6.45, 7) is 5.69. The van der Waals surface area contributed by atoms with Gasteiger partial charge in [0, 0.05) is 12.6 Å². The zero-order valence-corrected chi connectivity index (χ0v) is 18.6. The fraction of sp³-hybridized carbons (Fsp3) is 0.391. The molecule has 2 amide bonds. The van der Waals surface area contributed by atoms with Crippen LogP contribution >= 0.6 is 11.6 Å². The lowest BCUT2D eigenvalue weighted by molar-refractivity contribution is -0.142. The predicted octanol–water partition coefficient (Wildman–Crippen LogP) is 4.06. The summed E-state index contributed by atoms with van der Waals surface area (Å²) in [5.74, 6) is 0.636. The van der Waals surface area contributed by atoms with Gasteiger partial charge >= 0.3 is 0 Å². The number of benzene rings is 2. The lowest BCUT2D eigenvalue weighted by Gasteiger charge is -2.29. The number of carbonyl (C=O) groups excluding carboxylic acids is 2. The molecule has 0 saturated carbocycles. The minimum absolute atomic E-state index is 0.0252. The van der Waals surface area contributed by atoms with Crippen LogP contribution < -0.4 is 14.8 Å². The molecule has 0 aromatic heterocycles. The van der Waals surface area contributed by atoms with Crippen LogP contribution in [0.25, 0.3) is 0 Å². The molecule has 2 aromatic rings. The number of halogens is 1. The van der Waals surface area contributed by atoms with Crippen LogP contribution in [0.15, 0.2) is 48.5 Å². The normalized spacial score (nSPS) is 12.6. The first-order valence-electron chi connectivity index (χ1n) is 9.95. The molecule has 162 valence electrons. The van der Waals surface area contributed by atoms with Gasteiger partial charge in [0.15, 0.2) is 6.61 Å². The Kier molecular flexibility index (Phi) is 8.99. The Hall–Kier alpha value is -2.73. The number of nitrogens with one attached hydrogen (secondary N) is 1. The third-order valence-electron chi connectivity index (χ3n) is 4.87. The molecular weight excluding hydrogens is 404 g/mol. The molecule has 0 saturated heterocycles. The van der Waals surface area contributed by atoms with Crippen molar-refractivity contribution in [2.75, 3.05) is 13.7 Å². The number of para-hydroxylation sites is 1. The number of rotatable bonds is 10. The molecule has 30 heavy (non-hydrogen) atoms. The van der Waals surface area contributed by atoms with E-state index in [0.29, 0.717) is 10.8 Å². The van der Waals surface area contributed by atoms with Crippen molar-refractivity contribution in [3.8, 4) is 11.5 Å². The van der Waals surface area contributed by atoms with Crippen LogP contribution in [0.2, 0.25) is 5.02 Å². The fourth-order valence-electron chi connectivity index (χ4n) is 2.76. The highest BCUT2D eigenvalue weighted by molar-refractivity contribution is 6.32. The lowest BCUT2D eigenvalue weighted by Crippen LogP contribution is -2.50. The number of hydrogen-bond donors (Lipinski definition) is 1. The number of hydrogen-bond acceptors (Lipinski definition) is 4. The van der Waals surface area contributed by atoms with E-state index in [9.17, 15) is 9.59 Å². The summed E-state index contributed by atoms with van der Waals surface area (Å²) in [5.41, 5.74) is 0.880. The molecule has 0 aliphatic rings. The first-order chi connectivity index (χ1) is 14.3. The summed E-state index contributed by atoms with van der Waals surface area (Å²) < 4.78 is 10.8. The lowest BCUT2D eigenvalue weighted by atomic mass is 10.1. The highest BCUT2D eigenvalue weighted by atomic mass is 35.5. The Bertz CT molecular complexity index is 841. The molecule has 2 atom stereocenters. The van der Waals surface area contributed by atoms with Crippen LogP contribution in [-0.4, -0.2) is 42.5 Å². The van der Waals surface area contributed by atoms with E-state index in [1.807, 2.05) is 38.1 Å². The largest absolute Gasteiger partial charge is 0.497 e. The summed E-state index contributed by atoms with van der Waals surface area (Å²) in [4.78, 5) is 27.2. The molecular formula is C23H29ClN2O4. The van der Waals surface area contributed by atoms with Crippen molar-refractivity contribution < 1.29 is 19.1 Å². The van der Waals surface area contributed by atoms with E-state index >= 15 is 0 Å². The van der Waals surface area contributed by atoms with Crippen molar-refractivity contribution in [3.05, 3.63) is 59.1 Å². The Morgan fingerprint density at radius 1 is 1.10 bits per heavy atom. The molecule has 0 spiro atoms. The smallest absolute Gasteiger partial charge is 0.261 e. The zero-order valence-electron chi connectivity index (χ0n) is 17.9. The van der Waals surface area contributed by atoms with Crippen molar-refractivity contribution in [3.63, 3.8) is 0 Å². The summed E-state index contributed by atoms with van der Waals surface area (Å²) in [6.07, 6.45) is 0.806. The maximum absolute atomic E-state index is 13.0. The van der Waals surface area contributed by atoms with E-state index in [1.54, 1.807) is 38.3 Å². The SMILES string of the molecule is CCC(C)NC(=O)C(C)N(Cc1ccc(OC)cc1)C(=O)COc1ccccc1Cl. The van der Waals surface area contributed by atoms with Gasteiger partial charge in [0.25, 0.3) is 5.91 Å². The van der Waals surface area contributed by atoms with Gasteiger partial charge in [-0.1, -0.05) is 42.8 Å². The van der Waals surface area contributed by atoms with Crippen molar-refractivity contribution in [2.24, 2.45) is 0 Å². The van der Waals surface area contributed by atoms with Gasteiger partial charge in [-0.25, -0.2) is 0 Å². The van der Waals surface area contributed by atoms with Crippen molar-refractivity contribution in [1.82, 2.24) is 10.2 Å². The van der Waals surface area contributed by atoms with E-state index in [2.05, 4.69) is 5.32 Å². The summed E-state index contributed by atoms with van der Waals surface area (Å²) in [6, 6.07) is 13.7. The molecule has 0 heterocycles. The van der Waals surface area contributed by atoms with Crippen LogP contribution in [0, 0.1) is 0 Å². The Morgan fingerprint density at radius 3 is 2.37 bits per heavy atom. The highest BCUT2D eigenvalue weighted by Crippen LogP contribution is 2.23. The van der Waals surface area contributed by atoms with E-state index in [4.69, 9.17) is 21.1 Å². The molecule has 0 aliphatic carbocycles. The van der Waals surface area contributed by atoms with Gasteiger partial charge in [-0.2, -0.15) is 0 Å². The van der Waals surface area contributed by atoms with E-state index in [1.165, 1.54) is 4.90 Å². The molecule has 2 aromatic carbocycles. The third-order valence-corrected chi connectivity index (χ3v) is 5.18. The molecule has 2 unspecified atom stereocenters. The number of nitrogens with zero attached hydrogens (tertiary/aromatic N) is 1. The summed E-state index contributed by atoms with van der Waals surface area (Å²) in [7, 11) is 1.60. The van der Waals surface area contributed by atoms with Crippen molar-refractivity contribution in [1.29, 1.82) is 0 Å². The summed E-state index contributed by atoms with van der Waals surface area (Å²) >= 11 is 6.11. The monoisotopic (exact) mass is 432 g/mol. The molecule has 7 heteroatoms. The molecule has 0 fully saturated rings. The summed E-state index contributed by atoms with van der Waals surface area (Å²) in [5, 5.41) is 3.36. The van der Waals surface area contributed by atoms with Gasteiger partial charge in [-0.3, -0.25) is 9.59 Å². The molecule has 6 nitrogen and oxygen atoms in total. The predicted molar refractivity (Wildman–Crippen MR) is 118 cm³/mol. The topological polar surface area (TPSA) is 67.9 Å². The van der Waals surface area contributed by atoms with Gasteiger partial charge < -0.3 is 19.7 Å². The van der Waals surface area contributed by atoms with Crippen molar-refractivity contribution >= 4 is 23.4 Å². The molecule has 0 bridgehead atoms. The van der Waals surface area contributed by atoms with Crippen LogP contribution in [-0.2, 0) is 16.1 Å². The average molecular weight is 433 g/mol. The Morgan fingerprint density at radius 2 is 1.77 bits per heavy atom. The standard InChI is InChI=1S/C23H29ClN2O4/c1-5-16(2)25-23(28)17(3)26(14-18-10-12-19(29-4)13-11-18)22(27)15-30-21-9-7-6-8-20(21)24/h6-13,16-17H,5,14-15H2,1-4H3,(H,25,28). The van der Waals surface area contributed by atoms with Crippen LogP contribution in [0.3, 0.4) is 0 Å². The quantitative estimate of drug-likeness (QED) is 0.614. The van der Waals surface area contributed by atoms with Crippen LogP contribution in [0.4, 0.5) is 0 Å². The number of methoxy groups -OCH3 is 1. The number of carbonyl (C=O) groups is 2. The van der Waals surface area contributed by atoms with Gasteiger partial charge in [0.05, 0.1) is 12.1 Å². The second-order valence-electron chi connectivity index (χ2n) is 7.08. The second-order valence-corrected chi connectivity index (χ2v) is 7.49. The number of amides is 2. The van der Waals surface area contributed by atoms with Gasteiger partial charge in [-0.05, 0) is 50.1 Å². The van der Waals surface area contributed by atoms with Crippen molar-refractivity contribution in [2.45, 2.75) is 45.8 Å². The first-order valence-corrected chi connectivity index (χ1v) is 10.3. The second kappa shape index (κ2) is 11.5. The van der Waals surface area contributed by atoms with Crippen LogP contribution in [0.1, 0.15) is 32.8 Å². The first kappa shape index (κ1) is 23.5. The van der Waals surface area contributed by atoms with Gasteiger partial charge in [0.2, 0.25) is 5.91 Å². The highest BCUT2D eigenvalue weighted by Gasteiger charge is 2.27. The molecule has 1 N–H and O–H groups in total. The Balaban J connectivity index is 2.16. The molecule has 2 rings (SSSR count). The fourth-order valence-corrected chi connectivity index (χ4v) is 2.95. The maximum Gasteiger partial charge on any atom is 0.261 e. The minimum atomic E-state index is -0.663. The van der Waals surface area contributed by atoms with Gasteiger partial charge in [0.1, 0.15) is 17.5 Å². The molecule has 0 radical (unpaired) electrons. The third kappa shape index (κ3) is 6.66. The van der Waals surface area contributed by atoms with Gasteiger partial charge in [-0.15, -0.1) is 0 Å². The maximum atomic E-state index is 13.0. The zero-order chi connectivity index (χ0) is 22.1. The van der Waals surface area contributed by atoms with E-state index in [0.717, 1.165) is 17.7 Å². The molecule has 0 aliphatic heterocycles. The van der Waals surface area contributed by atoms with Crippen LogP contribution in [0.5, 0.6) is 11.5 Å². The van der Waals surface area contributed by atoms with E-state index in [-0.39, 0.29) is 31.0 Å². The van der Waals surface area contributed by atoms with E-state index < -0.39 is 6.04 Å².